The van der Waals surface area contributed by atoms with E-state index in [0.29, 0.717) is 5.92 Å². The second-order valence-corrected chi connectivity index (χ2v) is 4.11. The summed E-state index contributed by atoms with van der Waals surface area (Å²) in [5.74, 6) is 0.669. The standard InChI is InChI=1S/C10H15ClN2O/c1-8(2)4-3-6-13-7-5-12-9(11)10(13)14/h5,7-8H,3-4,6H2,1-2H3. The van der Waals surface area contributed by atoms with Crippen molar-refractivity contribution >= 4 is 11.6 Å². The van der Waals surface area contributed by atoms with Gasteiger partial charge in [-0.3, -0.25) is 4.79 Å². The predicted molar refractivity (Wildman–Crippen MR) is 57.6 cm³/mol. The maximum atomic E-state index is 11.4. The molecule has 0 bridgehead atoms. The largest absolute Gasteiger partial charge is 0.311 e. The Bertz CT molecular complexity index is 346. The molecule has 0 atom stereocenters. The monoisotopic (exact) mass is 214 g/mol. The van der Waals surface area contributed by atoms with E-state index in [1.165, 1.54) is 0 Å². The Balaban J connectivity index is 2.59. The van der Waals surface area contributed by atoms with Crippen LogP contribution in [0.4, 0.5) is 0 Å². The molecule has 0 spiro atoms. The van der Waals surface area contributed by atoms with E-state index in [9.17, 15) is 4.79 Å². The average Bonchev–Trinajstić information content (AvgIpc) is 2.12. The van der Waals surface area contributed by atoms with Gasteiger partial charge in [-0.05, 0) is 18.8 Å². The zero-order valence-corrected chi connectivity index (χ0v) is 9.29. The van der Waals surface area contributed by atoms with Gasteiger partial charge >= 0.3 is 0 Å². The highest BCUT2D eigenvalue weighted by atomic mass is 35.5. The summed E-state index contributed by atoms with van der Waals surface area (Å²) in [5.41, 5.74) is -0.196. The Morgan fingerprint density at radius 2 is 2.29 bits per heavy atom. The van der Waals surface area contributed by atoms with Crippen LogP contribution >= 0.6 is 11.6 Å². The van der Waals surface area contributed by atoms with Crippen molar-refractivity contribution in [2.24, 2.45) is 5.92 Å². The van der Waals surface area contributed by atoms with Gasteiger partial charge in [0.2, 0.25) is 0 Å². The number of hydrogen-bond donors (Lipinski definition) is 0. The van der Waals surface area contributed by atoms with Crippen molar-refractivity contribution in [2.75, 3.05) is 0 Å². The van der Waals surface area contributed by atoms with Crippen LogP contribution in [0.25, 0.3) is 0 Å². The van der Waals surface area contributed by atoms with Gasteiger partial charge < -0.3 is 4.57 Å². The molecule has 0 aliphatic carbocycles. The summed E-state index contributed by atoms with van der Waals surface area (Å²) in [6.45, 7) is 5.06. The van der Waals surface area contributed by atoms with Gasteiger partial charge in [0, 0.05) is 18.9 Å². The molecule has 0 saturated carbocycles. The average molecular weight is 215 g/mol. The Labute approximate surface area is 88.7 Å². The highest BCUT2D eigenvalue weighted by Crippen LogP contribution is 2.04. The molecule has 0 unspecified atom stereocenters. The molecule has 4 heteroatoms. The van der Waals surface area contributed by atoms with Crippen molar-refractivity contribution in [1.29, 1.82) is 0 Å². The van der Waals surface area contributed by atoms with Crippen LogP contribution in [0, 0.1) is 5.92 Å². The van der Waals surface area contributed by atoms with E-state index < -0.39 is 0 Å². The summed E-state index contributed by atoms with van der Waals surface area (Å²) in [6, 6.07) is 0. The summed E-state index contributed by atoms with van der Waals surface area (Å²) in [5, 5.41) is 0.0528. The number of halogens is 1. The third kappa shape index (κ3) is 3.14. The minimum absolute atomic E-state index is 0.0528. The fourth-order valence-electron chi connectivity index (χ4n) is 1.27. The Hall–Kier alpha value is -0.830. The number of aromatic nitrogens is 2. The zero-order valence-electron chi connectivity index (χ0n) is 8.53. The minimum atomic E-state index is -0.196. The predicted octanol–water partition coefficient (Wildman–Crippen LogP) is 2.33. The van der Waals surface area contributed by atoms with Gasteiger partial charge in [0.1, 0.15) is 0 Å². The third-order valence-corrected chi connectivity index (χ3v) is 2.31. The first-order valence-corrected chi connectivity index (χ1v) is 5.20. The van der Waals surface area contributed by atoms with E-state index >= 15 is 0 Å². The van der Waals surface area contributed by atoms with Crippen molar-refractivity contribution in [3.63, 3.8) is 0 Å². The second kappa shape index (κ2) is 5.15. The summed E-state index contributed by atoms with van der Waals surface area (Å²) in [4.78, 5) is 15.1. The highest BCUT2D eigenvalue weighted by molar-refractivity contribution is 6.29. The van der Waals surface area contributed by atoms with E-state index in [4.69, 9.17) is 11.6 Å². The molecule has 78 valence electrons. The third-order valence-electron chi connectivity index (χ3n) is 2.05. The van der Waals surface area contributed by atoms with Crippen LogP contribution < -0.4 is 5.56 Å². The molecular formula is C10H15ClN2O. The van der Waals surface area contributed by atoms with E-state index in [0.717, 1.165) is 19.4 Å². The fourth-order valence-corrected chi connectivity index (χ4v) is 1.43. The molecule has 0 fully saturated rings. The maximum absolute atomic E-state index is 11.4. The summed E-state index contributed by atoms with van der Waals surface area (Å²) in [6.07, 6.45) is 5.35. The highest BCUT2D eigenvalue weighted by Gasteiger charge is 2.01. The Morgan fingerprint density at radius 3 is 2.93 bits per heavy atom. The van der Waals surface area contributed by atoms with Crippen molar-refractivity contribution < 1.29 is 0 Å². The topological polar surface area (TPSA) is 34.9 Å². The molecule has 3 nitrogen and oxygen atoms in total. The normalized spacial score (nSPS) is 10.9. The van der Waals surface area contributed by atoms with Crippen LogP contribution in [-0.4, -0.2) is 9.55 Å². The van der Waals surface area contributed by atoms with Gasteiger partial charge in [-0.1, -0.05) is 25.4 Å². The molecule has 0 radical (unpaired) electrons. The molecular weight excluding hydrogens is 200 g/mol. The summed E-state index contributed by atoms with van der Waals surface area (Å²) >= 11 is 5.61. The van der Waals surface area contributed by atoms with Gasteiger partial charge in [0.05, 0.1) is 0 Å². The first kappa shape index (κ1) is 11.2. The summed E-state index contributed by atoms with van der Waals surface area (Å²) < 4.78 is 1.61. The smallest absolute Gasteiger partial charge is 0.288 e. The lowest BCUT2D eigenvalue weighted by Gasteiger charge is -2.06. The molecule has 0 amide bonds. The van der Waals surface area contributed by atoms with Crippen molar-refractivity contribution in [1.82, 2.24) is 9.55 Å². The van der Waals surface area contributed by atoms with E-state index in [1.807, 2.05) is 0 Å². The molecule has 0 N–H and O–H groups in total. The fraction of sp³-hybridized carbons (Fsp3) is 0.600. The molecule has 14 heavy (non-hydrogen) atoms. The van der Waals surface area contributed by atoms with Crippen LogP contribution in [0.1, 0.15) is 26.7 Å². The van der Waals surface area contributed by atoms with Gasteiger partial charge in [-0.2, -0.15) is 0 Å². The zero-order chi connectivity index (χ0) is 10.6. The molecule has 1 heterocycles. The van der Waals surface area contributed by atoms with Crippen molar-refractivity contribution in [3.8, 4) is 0 Å². The van der Waals surface area contributed by atoms with Crippen LogP contribution in [0.2, 0.25) is 5.15 Å². The number of hydrogen-bond acceptors (Lipinski definition) is 2. The first-order valence-electron chi connectivity index (χ1n) is 4.82. The van der Waals surface area contributed by atoms with Gasteiger partial charge in [0.15, 0.2) is 5.15 Å². The van der Waals surface area contributed by atoms with E-state index in [1.54, 1.807) is 17.0 Å². The van der Waals surface area contributed by atoms with Crippen LogP contribution in [0.5, 0.6) is 0 Å². The van der Waals surface area contributed by atoms with E-state index in [2.05, 4.69) is 18.8 Å². The lowest BCUT2D eigenvalue weighted by molar-refractivity contribution is 0.505. The van der Waals surface area contributed by atoms with Crippen LogP contribution in [-0.2, 0) is 6.54 Å². The van der Waals surface area contributed by atoms with E-state index in [-0.39, 0.29) is 10.7 Å². The van der Waals surface area contributed by atoms with Crippen LogP contribution in [0.15, 0.2) is 17.2 Å². The SMILES string of the molecule is CC(C)CCCn1ccnc(Cl)c1=O. The number of nitrogens with zero attached hydrogens (tertiary/aromatic N) is 2. The molecule has 0 aliphatic rings. The molecule has 1 aromatic heterocycles. The summed E-state index contributed by atoms with van der Waals surface area (Å²) in [7, 11) is 0. The van der Waals surface area contributed by atoms with Gasteiger partial charge in [-0.15, -0.1) is 0 Å². The lowest BCUT2D eigenvalue weighted by Crippen LogP contribution is -2.20. The molecule has 0 saturated heterocycles. The van der Waals surface area contributed by atoms with Crippen molar-refractivity contribution in [2.45, 2.75) is 33.2 Å². The minimum Gasteiger partial charge on any atom is -0.311 e. The van der Waals surface area contributed by atoms with Crippen LogP contribution in [0.3, 0.4) is 0 Å². The maximum Gasteiger partial charge on any atom is 0.288 e. The molecule has 0 aromatic carbocycles. The first-order chi connectivity index (χ1) is 6.61. The lowest BCUT2D eigenvalue weighted by atomic mass is 10.1. The second-order valence-electron chi connectivity index (χ2n) is 3.75. The Kier molecular flexibility index (Phi) is 4.14. The Morgan fingerprint density at radius 1 is 1.57 bits per heavy atom. The number of aryl methyl sites for hydroxylation is 1. The molecule has 0 aliphatic heterocycles. The molecule has 1 aromatic rings. The van der Waals surface area contributed by atoms with Crippen molar-refractivity contribution in [3.05, 3.63) is 27.9 Å². The van der Waals surface area contributed by atoms with Gasteiger partial charge in [0.25, 0.3) is 5.56 Å². The molecule has 1 rings (SSSR count). The number of rotatable bonds is 4. The van der Waals surface area contributed by atoms with Gasteiger partial charge in [-0.25, -0.2) is 4.98 Å². The quantitative estimate of drug-likeness (QED) is 0.771.